The summed E-state index contributed by atoms with van der Waals surface area (Å²) in [6, 6.07) is 6.90. The zero-order chi connectivity index (χ0) is 12.8. The summed E-state index contributed by atoms with van der Waals surface area (Å²) >= 11 is 1.84. The Morgan fingerprint density at radius 1 is 1.39 bits per heavy atom. The third-order valence-electron chi connectivity index (χ3n) is 3.31. The van der Waals surface area contributed by atoms with Gasteiger partial charge in [0, 0.05) is 23.3 Å². The maximum Gasteiger partial charge on any atom is 0.0324 e. The van der Waals surface area contributed by atoms with Crippen LogP contribution in [0.2, 0.25) is 0 Å². The topological polar surface area (TPSA) is 24.9 Å². The summed E-state index contributed by atoms with van der Waals surface area (Å²) < 4.78 is 0. The van der Waals surface area contributed by atoms with Crippen LogP contribution < -0.4 is 5.32 Å². The van der Waals surface area contributed by atoms with Gasteiger partial charge in [0.1, 0.15) is 0 Å². The van der Waals surface area contributed by atoms with Crippen LogP contribution in [-0.2, 0) is 12.8 Å². The molecule has 0 amide bonds. The molecule has 0 bridgehead atoms. The zero-order valence-electron chi connectivity index (χ0n) is 11.0. The van der Waals surface area contributed by atoms with Crippen molar-refractivity contribution in [2.75, 3.05) is 7.05 Å². The van der Waals surface area contributed by atoms with Gasteiger partial charge in [-0.3, -0.25) is 4.98 Å². The van der Waals surface area contributed by atoms with E-state index in [0.29, 0.717) is 6.04 Å². The lowest BCUT2D eigenvalue weighted by atomic mass is 9.97. The second-order valence-corrected chi connectivity index (χ2v) is 5.42. The summed E-state index contributed by atoms with van der Waals surface area (Å²) in [6.07, 6.45) is 7.19. The highest BCUT2D eigenvalue weighted by Gasteiger charge is 2.12. The Labute approximate surface area is 113 Å². The van der Waals surface area contributed by atoms with Gasteiger partial charge in [-0.15, -0.1) is 11.3 Å². The molecule has 1 N–H and O–H groups in total. The van der Waals surface area contributed by atoms with E-state index in [2.05, 4.69) is 40.8 Å². The number of nitrogens with zero attached hydrogens (tertiary/aromatic N) is 1. The van der Waals surface area contributed by atoms with E-state index < -0.39 is 0 Å². The van der Waals surface area contributed by atoms with Crippen molar-refractivity contribution in [1.82, 2.24) is 10.3 Å². The van der Waals surface area contributed by atoms with Gasteiger partial charge in [0.05, 0.1) is 0 Å². The molecule has 2 nitrogen and oxygen atoms in total. The third-order valence-corrected chi connectivity index (χ3v) is 4.24. The van der Waals surface area contributed by atoms with Gasteiger partial charge >= 0.3 is 0 Å². The van der Waals surface area contributed by atoms with Crippen LogP contribution in [-0.4, -0.2) is 12.0 Å². The molecule has 2 aromatic heterocycles. The standard InChI is InChI=1S/C15H20N2S/c1-3-12-11-17-9-8-14(12)15(16-2)7-6-13-5-4-10-18-13/h4-5,8-11,15-16H,3,6-7H2,1-2H3. The normalized spacial score (nSPS) is 12.6. The molecule has 2 heterocycles. The molecule has 2 rings (SSSR count). The van der Waals surface area contributed by atoms with Gasteiger partial charge in [0.2, 0.25) is 0 Å². The molecular formula is C15H20N2S. The van der Waals surface area contributed by atoms with Crippen molar-refractivity contribution in [3.8, 4) is 0 Å². The van der Waals surface area contributed by atoms with Crippen molar-refractivity contribution in [2.24, 2.45) is 0 Å². The number of hydrogen-bond acceptors (Lipinski definition) is 3. The van der Waals surface area contributed by atoms with E-state index in [0.717, 1.165) is 19.3 Å². The number of pyridine rings is 1. The summed E-state index contributed by atoms with van der Waals surface area (Å²) in [4.78, 5) is 5.68. The Bertz CT molecular complexity index is 465. The van der Waals surface area contributed by atoms with Gasteiger partial charge in [-0.05, 0) is 54.9 Å². The van der Waals surface area contributed by atoms with Gasteiger partial charge in [-0.25, -0.2) is 0 Å². The number of aromatic nitrogens is 1. The molecule has 18 heavy (non-hydrogen) atoms. The average Bonchev–Trinajstić information content (AvgIpc) is 2.93. The number of hydrogen-bond donors (Lipinski definition) is 1. The van der Waals surface area contributed by atoms with E-state index >= 15 is 0 Å². The van der Waals surface area contributed by atoms with Crippen molar-refractivity contribution in [1.29, 1.82) is 0 Å². The quantitative estimate of drug-likeness (QED) is 0.858. The number of rotatable bonds is 6. The zero-order valence-corrected chi connectivity index (χ0v) is 11.8. The molecule has 0 aromatic carbocycles. The van der Waals surface area contributed by atoms with Crippen LogP contribution >= 0.6 is 11.3 Å². The van der Waals surface area contributed by atoms with Crippen LogP contribution in [0.5, 0.6) is 0 Å². The van der Waals surface area contributed by atoms with Gasteiger partial charge in [0.25, 0.3) is 0 Å². The minimum atomic E-state index is 0.421. The molecule has 0 saturated carbocycles. The summed E-state index contributed by atoms with van der Waals surface area (Å²) in [5, 5.41) is 5.58. The molecule has 1 atom stereocenters. The average molecular weight is 260 g/mol. The highest BCUT2D eigenvalue weighted by Crippen LogP contribution is 2.23. The van der Waals surface area contributed by atoms with Gasteiger partial charge in [-0.1, -0.05) is 13.0 Å². The number of thiophene rings is 1. The van der Waals surface area contributed by atoms with Crippen molar-refractivity contribution in [3.63, 3.8) is 0 Å². The molecule has 0 aliphatic rings. The molecule has 3 heteroatoms. The van der Waals surface area contributed by atoms with Crippen LogP contribution in [0.1, 0.15) is 35.4 Å². The second-order valence-electron chi connectivity index (χ2n) is 4.39. The van der Waals surface area contributed by atoms with Crippen molar-refractivity contribution in [2.45, 2.75) is 32.2 Å². The minimum absolute atomic E-state index is 0.421. The number of aryl methyl sites for hydroxylation is 2. The van der Waals surface area contributed by atoms with Crippen molar-refractivity contribution >= 4 is 11.3 Å². The maximum atomic E-state index is 4.22. The first kappa shape index (κ1) is 13.2. The van der Waals surface area contributed by atoms with Crippen molar-refractivity contribution in [3.05, 3.63) is 52.0 Å². The third kappa shape index (κ3) is 3.18. The minimum Gasteiger partial charge on any atom is -0.313 e. The predicted octanol–water partition coefficient (Wildman–Crippen LogP) is 3.60. The first-order chi connectivity index (χ1) is 8.85. The SMILES string of the molecule is CCc1cnccc1C(CCc1cccs1)NC. The van der Waals surface area contributed by atoms with E-state index in [4.69, 9.17) is 0 Å². The predicted molar refractivity (Wildman–Crippen MR) is 78.1 cm³/mol. The van der Waals surface area contributed by atoms with Crippen molar-refractivity contribution < 1.29 is 0 Å². The van der Waals surface area contributed by atoms with Gasteiger partial charge < -0.3 is 5.32 Å². The smallest absolute Gasteiger partial charge is 0.0324 e. The summed E-state index contributed by atoms with van der Waals surface area (Å²) in [5.41, 5.74) is 2.74. The van der Waals surface area contributed by atoms with E-state index in [1.165, 1.54) is 16.0 Å². The fourth-order valence-electron chi connectivity index (χ4n) is 2.27. The van der Waals surface area contributed by atoms with E-state index in [1.54, 1.807) is 0 Å². The molecule has 0 spiro atoms. The summed E-state index contributed by atoms with van der Waals surface area (Å²) in [7, 11) is 2.04. The summed E-state index contributed by atoms with van der Waals surface area (Å²) in [5.74, 6) is 0. The molecule has 0 saturated heterocycles. The molecule has 96 valence electrons. The van der Waals surface area contributed by atoms with Crippen LogP contribution in [0.3, 0.4) is 0 Å². The lowest BCUT2D eigenvalue weighted by Crippen LogP contribution is -2.18. The Hall–Kier alpha value is -1.19. The van der Waals surface area contributed by atoms with Crippen LogP contribution in [0.25, 0.3) is 0 Å². The molecule has 0 fully saturated rings. The molecular weight excluding hydrogens is 240 g/mol. The van der Waals surface area contributed by atoms with Crippen LogP contribution in [0.4, 0.5) is 0 Å². The summed E-state index contributed by atoms with van der Waals surface area (Å²) in [6.45, 7) is 2.19. The van der Waals surface area contributed by atoms with E-state index in [-0.39, 0.29) is 0 Å². The Morgan fingerprint density at radius 3 is 2.94 bits per heavy atom. The van der Waals surface area contributed by atoms with Crippen LogP contribution in [0.15, 0.2) is 36.0 Å². The molecule has 0 aliphatic carbocycles. The lowest BCUT2D eigenvalue weighted by molar-refractivity contribution is 0.546. The first-order valence-electron chi connectivity index (χ1n) is 6.47. The lowest BCUT2D eigenvalue weighted by Gasteiger charge is -2.19. The largest absolute Gasteiger partial charge is 0.313 e. The maximum absolute atomic E-state index is 4.22. The van der Waals surface area contributed by atoms with Gasteiger partial charge in [0.15, 0.2) is 0 Å². The Kier molecular flexibility index (Phi) is 4.90. The fraction of sp³-hybridized carbons (Fsp3) is 0.400. The van der Waals surface area contributed by atoms with E-state index in [9.17, 15) is 0 Å². The highest BCUT2D eigenvalue weighted by molar-refractivity contribution is 7.09. The first-order valence-corrected chi connectivity index (χ1v) is 7.35. The molecule has 2 aromatic rings. The van der Waals surface area contributed by atoms with Crippen LogP contribution in [0, 0.1) is 0 Å². The Balaban J connectivity index is 2.08. The Morgan fingerprint density at radius 2 is 2.28 bits per heavy atom. The molecule has 0 radical (unpaired) electrons. The number of nitrogens with one attached hydrogen (secondary N) is 1. The molecule has 0 aliphatic heterocycles. The van der Waals surface area contributed by atoms with Gasteiger partial charge in [-0.2, -0.15) is 0 Å². The fourth-order valence-corrected chi connectivity index (χ4v) is 2.99. The molecule has 1 unspecified atom stereocenters. The van der Waals surface area contributed by atoms with E-state index in [1.807, 2.05) is 30.8 Å². The monoisotopic (exact) mass is 260 g/mol. The second kappa shape index (κ2) is 6.66. The highest BCUT2D eigenvalue weighted by atomic mass is 32.1.